The monoisotopic (exact) mass is 263 g/mol. The third-order valence-corrected chi connectivity index (χ3v) is 4.16. The van der Waals surface area contributed by atoms with Crippen LogP contribution >= 0.6 is 11.3 Å². The van der Waals surface area contributed by atoms with Crippen molar-refractivity contribution in [1.29, 1.82) is 0 Å². The molecule has 0 saturated carbocycles. The Bertz CT molecular complexity index is 508. The average molecular weight is 263 g/mol. The molecule has 0 bridgehead atoms. The molecular weight excluding hydrogens is 246 g/mol. The maximum atomic E-state index is 5.80. The number of nitrogens with zero attached hydrogens (tertiary/aromatic N) is 2. The molecule has 2 aromatic heterocycles. The van der Waals surface area contributed by atoms with Gasteiger partial charge in [0.15, 0.2) is 0 Å². The first-order valence-electron chi connectivity index (χ1n) is 6.48. The van der Waals surface area contributed by atoms with Crippen LogP contribution in [0.3, 0.4) is 0 Å². The molecule has 1 aliphatic heterocycles. The van der Waals surface area contributed by atoms with Crippen LogP contribution in [0.5, 0.6) is 5.88 Å². The van der Waals surface area contributed by atoms with Crippen LogP contribution in [-0.2, 0) is 0 Å². The Morgan fingerprint density at radius 3 is 3.28 bits per heavy atom. The van der Waals surface area contributed by atoms with Gasteiger partial charge in [0.2, 0.25) is 5.88 Å². The number of hydrogen-bond acceptors (Lipinski definition) is 5. The van der Waals surface area contributed by atoms with Gasteiger partial charge in [-0.2, -0.15) is 0 Å². The summed E-state index contributed by atoms with van der Waals surface area (Å²) in [6, 6.07) is 2.63. The predicted octanol–water partition coefficient (Wildman–Crippen LogP) is 2.60. The van der Waals surface area contributed by atoms with Crippen LogP contribution < -0.4 is 10.1 Å². The van der Waals surface area contributed by atoms with Gasteiger partial charge < -0.3 is 10.1 Å². The Hall–Kier alpha value is -1.20. The molecule has 2 aromatic rings. The van der Waals surface area contributed by atoms with Gasteiger partial charge in [-0.05, 0) is 37.3 Å². The lowest BCUT2D eigenvalue weighted by Gasteiger charge is -2.23. The molecular formula is C13H17N3OS. The fourth-order valence-electron chi connectivity index (χ4n) is 2.35. The van der Waals surface area contributed by atoms with Gasteiger partial charge in [-0.3, -0.25) is 0 Å². The van der Waals surface area contributed by atoms with Crippen molar-refractivity contribution in [3.8, 4) is 5.88 Å². The van der Waals surface area contributed by atoms with Crippen molar-refractivity contribution in [3.05, 3.63) is 17.8 Å². The molecule has 18 heavy (non-hydrogen) atoms. The van der Waals surface area contributed by atoms with Crippen molar-refractivity contribution < 1.29 is 4.74 Å². The lowest BCUT2D eigenvalue weighted by atomic mass is 10.0. The Kier molecular flexibility index (Phi) is 3.71. The minimum absolute atomic E-state index is 0.610. The maximum absolute atomic E-state index is 5.80. The molecule has 1 unspecified atom stereocenters. The molecule has 1 aliphatic rings. The first-order chi connectivity index (χ1) is 8.93. The maximum Gasteiger partial charge on any atom is 0.225 e. The van der Waals surface area contributed by atoms with Crippen LogP contribution in [0.1, 0.15) is 25.7 Å². The van der Waals surface area contributed by atoms with Crippen LogP contribution in [0, 0.1) is 0 Å². The van der Waals surface area contributed by atoms with Gasteiger partial charge in [-0.25, -0.2) is 9.97 Å². The molecule has 0 aromatic carbocycles. The molecule has 0 spiro atoms. The Morgan fingerprint density at radius 1 is 1.39 bits per heavy atom. The zero-order chi connectivity index (χ0) is 12.2. The van der Waals surface area contributed by atoms with Crippen molar-refractivity contribution in [2.45, 2.75) is 31.7 Å². The number of aromatic nitrogens is 2. The molecule has 4 nitrogen and oxygen atoms in total. The van der Waals surface area contributed by atoms with Crippen LogP contribution in [0.2, 0.25) is 0 Å². The second kappa shape index (κ2) is 5.63. The van der Waals surface area contributed by atoms with Gasteiger partial charge >= 0.3 is 0 Å². The minimum atomic E-state index is 0.610. The van der Waals surface area contributed by atoms with Crippen molar-refractivity contribution in [1.82, 2.24) is 15.3 Å². The molecule has 1 saturated heterocycles. The summed E-state index contributed by atoms with van der Waals surface area (Å²) in [7, 11) is 0. The normalized spacial score (nSPS) is 20.1. The zero-order valence-corrected chi connectivity index (χ0v) is 11.1. The topological polar surface area (TPSA) is 47.0 Å². The number of nitrogens with one attached hydrogen (secondary N) is 1. The number of piperidine rings is 1. The lowest BCUT2D eigenvalue weighted by molar-refractivity contribution is 0.263. The summed E-state index contributed by atoms with van der Waals surface area (Å²) in [6.07, 6.45) is 6.53. The fourth-order valence-corrected chi connectivity index (χ4v) is 3.07. The molecule has 0 radical (unpaired) electrons. The molecule has 1 N–H and O–H groups in total. The summed E-state index contributed by atoms with van der Waals surface area (Å²) < 4.78 is 5.80. The lowest BCUT2D eigenvalue weighted by Crippen LogP contribution is -2.35. The Balaban J connectivity index is 1.57. The summed E-state index contributed by atoms with van der Waals surface area (Å²) in [4.78, 5) is 9.43. The van der Waals surface area contributed by atoms with E-state index in [0.717, 1.165) is 35.7 Å². The first-order valence-corrected chi connectivity index (χ1v) is 7.36. The van der Waals surface area contributed by atoms with E-state index in [9.17, 15) is 0 Å². The minimum Gasteiger partial charge on any atom is -0.477 e. The van der Waals surface area contributed by atoms with E-state index in [0.29, 0.717) is 6.04 Å². The van der Waals surface area contributed by atoms with Gasteiger partial charge in [-0.1, -0.05) is 6.42 Å². The zero-order valence-electron chi connectivity index (χ0n) is 10.3. The molecule has 96 valence electrons. The van der Waals surface area contributed by atoms with Gasteiger partial charge in [0, 0.05) is 6.04 Å². The van der Waals surface area contributed by atoms with Gasteiger partial charge in [0.25, 0.3) is 0 Å². The van der Waals surface area contributed by atoms with Crippen LogP contribution in [-0.4, -0.2) is 29.2 Å². The van der Waals surface area contributed by atoms with E-state index in [1.54, 1.807) is 17.7 Å². The largest absolute Gasteiger partial charge is 0.477 e. The van der Waals surface area contributed by atoms with E-state index < -0.39 is 0 Å². The molecule has 1 atom stereocenters. The Morgan fingerprint density at radius 2 is 2.39 bits per heavy atom. The van der Waals surface area contributed by atoms with E-state index in [1.165, 1.54) is 19.3 Å². The predicted molar refractivity (Wildman–Crippen MR) is 73.2 cm³/mol. The number of fused-ring (bicyclic) bond motifs is 1. The van der Waals surface area contributed by atoms with Crippen molar-refractivity contribution in [2.24, 2.45) is 0 Å². The van der Waals surface area contributed by atoms with Crippen molar-refractivity contribution >= 4 is 21.6 Å². The van der Waals surface area contributed by atoms with Crippen LogP contribution in [0.15, 0.2) is 17.8 Å². The molecule has 0 amide bonds. The number of rotatable bonds is 4. The van der Waals surface area contributed by atoms with Gasteiger partial charge in [0.1, 0.15) is 11.2 Å². The number of thiophene rings is 1. The van der Waals surface area contributed by atoms with Crippen molar-refractivity contribution in [2.75, 3.05) is 13.2 Å². The molecule has 3 heterocycles. The summed E-state index contributed by atoms with van der Waals surface area (Å²) in [6.45, 7) is 1.87. The van der Waals surface area contributed by atoms with Crippen LogP contribution in [0.4, 0.5) is 0 Å². The van der Waals surface area contributed by atoms with E-state index >= 15 is 0 Å². The summed E-state index contributed by atoms with van der Waals surface area (Å²) in [5.41, 5.74) is 0. The third kappa shape index (κ3) is 2.62. The molecule has 1 fully saturated rings. The Labute approximate surface area is 110 Å². The fraction of sp³-hybridized carbons (Fsp3) is 0.538. The van der Waals surface area contributed by atoms with E-state index in [2.05, 4.69) is 15.3 Å². The van der Waals surface area contributed by atoms with E-state index in [1.807, 2.05) is 11.4 Å². The molecule has 3 rings (SSSR count). The third-order valence-electron chi connectivity index (χ3n) is 3.34. The summed E-state index contributed by atoms with van der Waals surface area (Å²) in [5.74, 6) is 0.719. The average Bonchev–Trinajstić information content (AvgIpc) is 2.89. The highest BCUT2D eigenvalue weighted by Crippen LogP contribution is 2.25. The summed E-state index contributed by atoms with van der Waals surface area (Å²) >= 11 is 1.62. The highest BCUT2D eigenvalue weighted by molar-refractivity contribution is 7.16. The SMILES string of the molecule is c1nc(OCCC2CCCCN2)c2ccsc2n1. The van der Waals surface area contributed by atoms with Gasteiger partial charge in [-0.15, -0.1) is 11.3 Å². The second-order valence-electron chi connectivity index (χ2n) is 4.60. The number of ether oxygens (including phenoxy) is 1. The van der Waals surface area contributed by atoms with Crippen LogP contribution in [0.25, 0.3) is 10.2 Å². The molecule has 5 heteroatoms. The molecule has 0 aliphatic carbocycles. The summed E-state index contributed by atoms with van der Waals surface area (Å²) in [5, 5.41) is 6.58. The van der Waals surface area contributed by atoms with Crippen molar-refractivity contribution in [3.63, 3.8) is 0 Å². The highest BCUT2D eigenvalue weighted by Gasteiger charge is 2.13. The standard InChI is InChI=1S/C13H17N3OS/c1-2-6-14-10(3-1)4-7-17-12-11-5-8-18-13(11)16-9-15-12/h5,8-10,14H,1-4,6-7H2. The van der Waals surface area contributed by atoms with Gasteiger partial charge in [0.05, 0.1) is 12.0 Å². The first kappa shape index (κ1) is 11.9. The highest BCUT2D eigenvalue weighted by atomic mass is 32.1. The van der Waals surface area contributed by atoms with E-state index in [4.69, 9.17) is 4.74 Å². The number of hydrogen-bond donors (Lipinski definition) is 1. The second-order valence-corrected chi connectivity index (χ2v) is 5.50. The quantitative estimate of drug-likeness (QED) is 0.921. The van der Waals surface area contributed by atoms with E-state index in [-0.39, 0.29) is 0 Å². The smallest absolute Gasteiger partial charge is 0.225 e.